The Bertz CT molecular complexity index is 976. The number of ketones is 1. The fraction of sp³-hybridized carbons (Fsp3) is 0.455. The van der Waals surface area contributed by atoms with Crippen LogP contribution in [-0.4, -0.2) is 60.1 Å². The van der Waals surface area contributed by atoms with Crippen LogP contribution < -0.4 is 0 Å². The van der Waals surface area contributed by atoms with Crippen LogP contribution in [0.4, 0.5) is 0 Å². The number of likely N-dealkylation sites (tertiary alicyclic amines) is 1. The summed E-state index contributed by atoms with van der Waals surface area (Å²) in [5, 5.41) is 11.5. The van der Waals surface area contributed by atoms with E-state index in [1.165, 1.54) is 7.11 Å². The highest BCUT2D eigenvalue weighted by Crippen LogP contribution is 2.49. The normalized spacial score (nSPS) is 29.4. The number of nitrogens with zero attached hydrogens (tertiary/aromatic N) is 1. The Morgan fingerprint density at radius 3 is 2.82 bits per heavy atom. The Hall–Kier alpha value is -2.44. The average molecular weight is 382 g/mol. The number of hydrogen-bond acceptors (Lipinski definition) is 5. The third-order valence-corrected chi connectivity index (χ3v) is 6.71. The first-order valence-electron chi connectivity index (χ1n) is 9.65. The van der Waals surface area contributed by atoms with Crippen molar-refractivity contribution in [2.75, 3.05) is 27.3 Å². The molecule has 28 heavy (non-hydrogen) atoms. The van der Waals surface area contributed by atoms with Crippen molar-refractivity contribution in [1.82, 2.24) is 9.88 Å². The standard InChI is InChI=1S/C22H26N2O4/c1-4-13-11-24(2)19-9-15-14-7-5-6-8-17(14)23-20(15)18(26)10-16(13)22(19,12-25)21(27)28-3/h4-8,16,19,23,25H,9-12H2,1-3H3/b13-4-/t16?,19-,22+/m0/s1. The monoisotopic (exact) mass is 382 g/mol. The molecule has 1 aliphatic carbocycles. The SMILES string of the molecule is C/C=C1/CN(C)[C@H]2Cc3c([nH]c4ccccc34)C(=O)CC1[C@@]2(CO)C(=O)OC. The number of hydrogen-bond donors (Lipinski definition) is 2. The summed E-state index contributed by atoms with van der Waals surface area (Å²) in [5.41, 5.74) is 2.28. The molecule has 2 N–H and O–H groups in total. The second kappa shape index (κ2) is 6.87. The number of ether oxygens (including phenoxy) is 1. The molecule has 148 valence electrons. The van der Waals surface area contributed by atoms with E-state index in [4.69, 9.17) is 4.74 Å². The molecule has 1 aromatic carbocycles. The number of carbonyl (C=O) groups is 2. The summed E-state index contributed by atoms with van der Waals surface area (Å²) < 4.78 is 5.18. The molecule has 3 atom stereocenters. The van der Waals surface area contributed by atoms with Crippen LogP contribution in [0.3, 0.4) is 0 Å². The zero-order valence-electron chi connectivity index (χ0n) is 16.5. The molecule has 1 saturated heterocycles. The predicted molar refractivity (Wildman–Crippen MR) is 106 cm³/mol. The number of allylic oxidation sites excluding steroid dienone is 1. The van der Waals surface area contributed by atoms with E-state index in [1.807, 2.05) is 44.3 Å². The second-order valence-electron chi connectivity index (χ2n) is 7.89. The molecule has 1 unspecified atom stereocenters. The quantitative estimate of drug-likeness (QED) is 0.615. The van der Waals surface area contributed by atoms with Crippen LogP contribution in [0.5, 0.6) is 0 Å². The number of aliphatic hydroxyl groups is 1. The van der Waals surface area contributed by atoms with Gasteiger partial charge in [0.15, 0.2) is 5.78 Å². The molecule has 1 aromatic heterocycles. The molecule has 1 fully saturated rings. The summed E-state index contributed by atoms with van der Waals surface area (Å²) in [7, 11) is 3.32. The van der Waals surface area contributed by atoms with Gasteiger partial charge in [-0.15, -0.1) is 0 Å². The van der Waals surface area contributed by atoms with Crippen molar-refractivity contribution in [3.05, 3.63) is 47.2 Å². The molecular formula is C22H26N2O4. The molecule has 2 heterocycles. The summed E-state index contributed by atoms with van der Waals surface area (Å²) in [6.07, 6.45) is 2.62. The molecule has 1 aliphatic heterocycles. The lowest BCUT2D eigenvalue weighted by molar-refractivity contribution is -0.168. The molecule has 0 saturated carbocycles. The van der Waals surface area contributed by atoms with Crippen LogP contribution in [0.1, 0.15) is 29.4 Å². The van der Waals surface area contributed by atoms with E-state index < -0.39 is 11.4 Å². The lowest BCUT2D eigenvalue weighted by atomic mass is 9.60. The first kappa shape index (κ1) is 18.9. The first-order valence-corrected chi connectivity index (χ1v) is 9.65. The molecule has 4 rings (SSSR count). The van der Waals surface area contributed by atoms with E-state index in [9.17, 15) is 14.7 Å². The Morgan fingerprint density at radius 1 is 1.39 bits per heavy atom. The van der Waals surface area contributed by atoms with Crippen molar-refractivity contribution in [1.29, 1.82) is 0 Å². The number of methoxy groups -OCH3 is 1. The first-order chi connectivity index (χ1) is 13.5. The lowest BCUT2D eigenvalue weighted by Crippen LogP contribution is -2.63. The summed E-state index contributed by atoms with van der Waals surface area (Å²) in [6.45, 7) is 2.22. The lowest BCUT2D eigenvalue weighted by Gasteiger charge is -2.52. The van der Waals surface area contributed by atoms with Crippen molar-refractivity contribution < 1.29 is 19.4 Å². The van der Waals surface area contributed by atoms with Gasteiger partial charge in [-0.1, -0.05) is 29.8 Å². The largest absolute Gasteiger partial charge is 0.468 e. The van der Waals surface area contributed by atoms with E-state index in [0.29, 0.717) is 18.7 Å². The molecule has 2 bridgehead atoms. The van der Waals surface area contributed by atoms with Gasteiger partial charge in [0.1, 0.15) is 5.41 Å². The minimum Gasteiger partial charge on any atom is -0.468 e. The van der Waals surface area contributed by atoms with Crippen molar-refractivity contribution in [3.63, 3.8) is 0 Å². The summed E-state index contributed by atoms with van der Waals surface area (Å²) in [4.78, 5) is 31.8. The molecule has 6 heteroatoms. The molecule has 2 aliphatic rings. The molecule has 0 radical (unpaired) electrons. The van der Waals surface area contributed by atoms with Crippen LogP contribution in [0, 0.1) is 11.3 Å². The van der Waals surface area contributed by atoms with E-state index in [0.717, 1.165) is 22.0 Å². The Labute approximate surface area is 164 Å². The Morgan fingerprint density at radius 2 is 2.14 bits per heavy atom. The number of Topliss-reactive ketones (excluding diaryl/α,β-unsaturated/α-hetero) is 1. The Balaban J connectivity index is 1.99. The maximum atomic E-state index is 13.3. The highest BCUT2D eigenvalue weighted by molar-refractivity contribution is 6.03. The van der Waals surface area contributed by atoms with Gasteiger partial charge in [0, 0.05) is 35.8 Å². The average Bonchev–Trinajstić information content (AvgIpc) is 3.07. The van der Waals surface area contributed by atoms with Gasteiger partial charge in [0.2, 0.25) is 0 Å². The highest BCUT2D eigenvalue weighted by atomic mass is 16.5. The maximum absolute atomic E-state index is 13.3. The van der Waals surface area contributed by atoms with E-state index >= 15 is 0 Å². The molecule has 6 nitrogen and oxygen atoms in total. The van der Waals surface area contributed by atoms with Gasteiger partial charge in [-0.2, -0.15) is 0 Å². The van der Waals surface area contributed by atoms with Gasteiger partial charge in [-0.3, -0.25) is 14.5 Å². The van der Waals surface area contributed by atoms with Crippen LogP contribution in [0.15, 0.2) is 35.9 Å². The number of likely N-dealkylation sites (N-methyl/N-ethyl adjacent to an activating group) is 1. The van der Waals surface area contributed by atoms with E-state index in [-0.39, 0.29) is 30.8 Å². The zero-order chi connectivity index (χ0) is 20.1. The summed E-state index contributed by atoms with van der Waals surface area (Å²) >= 11 is 0. The van der Waals surface area contributed by atoms with Crippen LogP contribution in [0.2, 0.25) is 0 Å². The fourth-order valence-electron chi connectivity index (χ4n) is 5.29. The summed E-state index contributed by atoms with van der Waals surface area (Å²) in [5.74, 6) is -0.865. The van der Waals surface area contributed by atoms with Gasteiger partial charge in [0.05, 0.1) is 19.4 Å². The van der Waals surface area contributed by atoms with Crippen molar-refractivity contribution in [2.24, 2.45) is 11.3 Å². The molecule has 0 spiro atoms. The smallest absolute Gasteiger partial charge is 0.316 e. The molecular weight excluding hydrogens is 356 g/mol. The zero-order valence-corrected chi connectivity index (χ0v) is 16.5. The summed E-state index contributed by atoms with van der Waals surface area (Å²) in [6, 6.07) is 7.57. The third-order valence-electron chi connectivity index (χ3n) is 6.71. The minimum absolute atomic E-state index is 0.0275. The van der Waals surface area contributed by atoms with Gasteiger partial charge in [0.25, 0.3) is 0 Å². The van der Waals surface area contributed by atoms with Gasteiger partial charge < -0.3 is 14.8 Å². The number of aliphatic hydroxyl groups excluding tert-OH is 1. The van der Waals surface area contributed by atoms with Gasteiger partial charge in [-0.05, 0) is 32.0 Å². The minimum atomic E-state index is -1.17. The number of esters is 1. The number of aromatic amines is 1. The van der Waals surface area contributed by atoms with Gasteiger partial charge in [-0.25, -0.2) is 0 Å². The van der Waals surface area contributed by atoms with Gasteiger partial charge >= 0.3 is 5.97 Å². The number of aromatic nitrogens is 1. The second-order valence-corrected chi connectivity index (χ2v) is 7.89. The van der Waals surface area contributed by atoms with E-state index in [2.05, 4.69) is 9.88 Å². The predicted octanol–water partition coefficient (Wildman–Crippen LogP) is 2.33. The third kappa shape index (κ3) is 2.48. The number of para-hydroxylation sites is 1. The Kier molecular flexibility index (Phi) is 4.63. The van der Waals surface area contributed by atoms with Crippen molar-refractivity contribution in [2.45, 2.75) is 25.8 Å². The van der Waals surface area contributed by atoms with Crippen LogP contribution in [-0.2, 0) is 16.0 Å². The number of carbonyl (C=O) groups excluding carboxylic acids is 2. The van der Waals surface area contributed by atoms with Crippen LogP contribution in [0.25, 0.3) is 10.9 Å². The topological polar surface area (TPSA) is 82.6 Å². The van der Waals surface area contributed by atoms with Crippen molar-refractivity contribution >= 4 is 22.7 Å². The number of benzene rings is 1. The number of nitrogens with one attached hydrogen (secondary N) is 1. The van der Waals surface area contributed by atoms with Crippen molar-refractivity contribution in [3.8, 4) is 0 Å². The number of H-pyrrole nitrogens is 1. The number of fused-ring (bicyclic) bond motifs is 5. The number of rotatable bonds is 2. The van der Waals surface area contributed by atoms with Crippen LogP contribution >= 0.6 is 0 Å². The van der Waals surface area contributed by atoms with E-state index in [1.54, 1.807) is 0 Å². The highest BCUT2D eigenvalue weighted by Gasteiger charge is 2.58. The molecule has 2 aromatic rings. The fourth-order valence-corrected chi connectivity index (χ4v) is 5.29. The molecule has 0 amide bonds. The number of piperidine rings is 1. The maximum Gasteiger partial charge on any atom is 0.316 e.